The lowest BCUT2D eigenvalue weighted by Crippen LogP contribution is -2.59. The predicted octanol–water partition coefficient (Wildman–Crippen LogP) is 0.197. The van der Waals surface area contributed by atoms with Crippen molar-refractivity contribution < 1.29 is 19.2 Å². The standard InChI is InChI=1S/C16H19N3O4/c1-2-18-8-9-19(15(22)14(18)21)16(23)17-13(11-20)10-12-6-4-3-5-7-12/h3-7,11,13H,2,8-10H2,1H3,(H,17,23). The summed E-state index contributed by atoms with van der Waals surface area (Å²) in [5.74, 6) is -1.56. The van der Waals surface area contributed by atoms with Crippen LogP contribution in [0.2, 0.25) is 0 Å². The summed E-state index contributed by atoms with van der Waals surface area (Å²) in [6.45, 7) is 2.62. The van der Waals surface area contributed by atoms with E-state index in [1.807, 2.05) is 30.3 Å². The van der Waals surface area contributed by atoms with E-state index in [4.69, 9.17) is 0 Å². The van der Waals surface area contributed by atoms with Crippen LogP contribution < -0.4 is 5.32 Å². The minimum absolute atomic E-state index is 0.126. The number of carbonyl (C=O) groups is 4. The maximum Gasteiger partial charge on any atom is 0.325 e. The topological polar surface area (TPSA) is 86.8 Å². The maximum atomic E-state index is 12.2. The number of hydrogen-bond donors (Lipinski definition) is 1. The molecule has 1 heterocycles. The molecule has 2 rings (SSSR count). The molecular weight excluding hydrogens is 298 g/mol. The number of nitrogens with zero attached hydrogens (tertiary/aromatic N) is 2. The molecule has 1 aromatic carbocycles. The van der Waals surface area contributed by atoms with Gasteiger partial charge in [-0.1, -0.05) is 30.3 Å². The first-order chi connectivity index (χ1) is 11.1. The average Bonchev–Trinajstić information content (AvgIpc) is 2.57. The van der Waals surface area contributed by atoms with Crippen molar-refractivity contribution in [2.24, 2.45) is 0 Å². The zero-order valence-corrected chi connectivity index (χ0v) is 12.9. The lowest BCUT2D eigenvalue weighted by atomic mass is 10.1. The van der Waals surface area contributed by atoms with Crippen LogP contribution in [0.1, 0.15) is 12.5 Å². The minimum atomic E-state index is -0.861. The summed E-state index contributed by atoms with van der Waals surface area (Å²) in [6.07, 6.45) is 0.951. The highest BCUT2D eigenvalue weighted by atomic mass is 16.2. The first kappa shape index (κ1) is 16.7. The van der Waals surface area contributed by atoms with Gasteiger partial charge < -0.3 is 15.0 Å². The summed E-state index contributed by atoms with van der Waals surface area (Å²) in [7, 11) is 0. The molecule has 1 aliphatic rings. The molecule has 1 atom stereocenters. The third-order valence-corrected chi connectivity index (χ3v) is 3.71. The number of piperazine rings is 1. The number of carbonyl (C=O) groups excluding carboxylic acids is 4. The van der Waals surface area contributed by atoms with Gasteiger partial charge in [-0.15, -0.1) is 0 Å². The second-order valence-electron chi connectivity index (χ2n) is 5.22. The molecule has 0 aliphatic carbocycles. The van der Waals surface area contributed by atoms with E-state index in [9.17, 15) is 19.2 Å². The van der Waals surface area contributed by atoms with E-state index in [-0.39, 0.29) is 6.54 Å². The second kappa shape index (κ2) is 7.53. The van der Waals surface area contributed by atoms with E-state index < -0.39 is 23.9 Å². The van der Waals surface area contributed by atoms with E-state index in [1.165, 1.54) is 4.90 Å². The van der Waals surface area contributed by atoms with Crippen molar-refractivity contribution in [1.82, 2.24) is 15.1 Å². The monoisotopic (exact) mass is 317 g/mol. The lowest BCUT2D eigenvalue weighted by molar-refractivity contribution is -0.153. The Balaban J connectivity index is 1.98. The fourth-order valence-electron chi connectivity index (χ4n) is 2.41. The van der Waals surface area contributed by atoms with E-state index in [1.54, 1.807) is 6.92 Å². The van der Waals surface area contributed by atoms with Crippen LogP contribution in [-0.4, -0.2) is 59.6 Å². The largest absolute Gasteiger partial charge is 0.333 e. The van der Waals surface area contributed by atoms with Crippen LogP contribution in [0, 0.1) is 0 Å². The molecule has 0 spiro atoms. The lowest BCUT2D eigenvalue weighted by Gasteiger charge is -2.32. The van der Waals surface area contributed by atoms with Crippen LogP contribution >= 0.6 is 0 Å². The van der Waals surface area contributed by atoms with Crippen LogP contribution in [0.3, 0.4) is 0 Å². The van der Waals surface area contributed by atoms with E-state index in [0.717, 1.165) is 10.5 Å². The van der Waals surface area contributed by atoms with Crippen LogP contribution in [0.4, 0.5) is 4.79 Å². The Morgan fingerprint density at radius 3 is 2.52 bits per heavy atom. The highest BCUT2D eigenvalue weighted by Crippen LogP contribution is 2.07. The molecule has 1 aromatic rings. The number of imide groups is 1. The molecular formula is C16H19N3O4. The van der Waals surface area contributed by atoms with Gasteiger partial charge in [0.15, 0.2) is 0 Å². The number of aldehydes is 1. The molecule has 122 valence electrons. The van der Waals surface area contributed by atoms with Crippen molar-refractivity contribution in [2.45, 2.75) is 19.4 Å². The molecule has 0 bridgehead atoms. The van der Waals surface area contributed by atoms with Crippen molar-refractivity contribution in [3.8, 4) is 0 Å². The third-order valence-electron chi connectivity index (χ3n) is 3.71. The fourth-order valence-corrected chi connectivity index (χ4v) is 2.41. The number of hydrogen-bond acceptors (Lipinski definition) is 4. The van der Waals surface area contributed by atoms with Gasteiger partial charge in [0.05, 0.1) is 6.04 Å². The van der Waals surface area contributed by atoms with E-state index >= 15 is 0 Å². The molecule has 1 N–H and O–H groups in total. The Labute approximate surface area is 134 Å². The van der Waals surface area contributed by atoms with Gasteiger partial charge in [0.1, 0.15) is 6.29 Å². The molecule has 7 nitrogen and oxygen atoms in total. The molecule has 1 saturated heterocycles. The summed E-state index contributed by atoms with van der Waals surface area (Å²) in [5.41, 5.74) is 0.892. The molecule has 0 radical (unpaired) electrons. The van der Waals surface area contributed by atoms with Gasteiger partial charge in [-0.2, -0.15) is 0 Å². The molecule has 0 saturated carbocycles. The quantitative estimate of drug-likeness (QED) is 0.621. The second-order valence-corrected chi connectivity index (χ2v) is 5.22. The van der Waals surface area contributed by atoms with Crippen LogP contribution in [0.25, 0.3) is 0 Å². The normalized spacial score (nSPS) is 16.2. The zero-order chi connectivity index (χ0) is 16.8. The number of benzene rings is 1. The molecule has 4 amide bonds. The fraction of sp³-hybridized carbons (Fsp3) is 0.375. The molecule has 1 aliphatic heterocycles. The van der Waals surface area contributed by atoms with Gasteiger partial charge in [0.25, 0.3) is 0 Å². The third kappa shape index (κ3) is 3.94. The Morgan fingerprint density at radius 2 is 1.91 bits per heavy atom. The van der Waals surface area contributed by atoms with Crippen LogP contribution in [0.15, 0.2) is 30.3 Å². The number of likely N-dealkylation sites (N-methyl/N-ethyl adjacent to an activating group) is 1. The predicted molar refractivity (Wildman–Crippen MR) is 82.5 cm³/mol. The maximum absolute atomic E-state index is 12.2. The average molecular weight is 317 g/mol. The van der Waals surface area contributed by atoms with E-state index in [2.05, 4.69) is 5.32 Å². The van der Waals surface area contributed by atoms with Crippen molar-refractivity contribution in [3.05, 3.63) is 35.9 Å². The van der Waals surface area contributed by atoms with Crippen LogP contribution in [0.5, 0.6) is 0 Å². The summed E-state index contributed by atoms with van der Waals surface area (Å²) in [5, 5.41) is 2.50. The van der Waals surface area contributed by atoms with Gasteiger partial charge in [0, 0.05) is 19.6 Å². The SMILES string of the molecule is CCN1CCN(C(=O)NC(C=O)Cc2ccccc2)C(=O)C1=O. The molecule has 7 heteroatoms. The number of nitrogens with one attached hydrogen (secondary N) is 1. The zero-order valence-electron chi connectivity index (χ0n) is 12.9. The number of urea groups is 1. The molecule has 0 aromatic heterocycles. The Morgan fingerprint density at radius 1 is 1.22 bits per heavy atom. The smallest absolute Gasteiger partial charge is 0.325 e. The summed E-state index contributed by atoms with van der Waals surface area (Å²) in [4.78, 5) is 49.3. The minimum Gasteiger partial charge on any atom is -0.333 e. The highest BCUT2D eigenvalue weighted by molar-refractivity contribution is 6.38. The molecule has 1 fully saturated rings. The molecule has 23 heavy (non-hydrogen) atoms. The van der Waals surface area contributed by atoms with Gasteiger partial charge in [-0.3, -0.25) is 14.5 Å². The van der Waals surface area contributed by atoms with Crippen molar-refractivity contribution in [3.63, 3.8) is 0 Å². The first-order valence-corrected chi connectivity index (χ1v) is 7.47. The van der Waals surface area contributed by atoms with Gasteiger partial charge in [0.2, 0.25) is 0 Å². The summed E-state index contributed by atoms with van der Waals surface area (Å²) < 4.78 is 0. The van der Waals surface area contributed by atoms with Gasteiger partial charge in [-0.05, 0) is 18.9 Å². The molecule has 1 unspecified atom stereocenters. The summed E-state index contributed by atoms with van der Waals surface area (Å²) in [6, 6.07) is 7.75. The number of amides is 4. The van der Waals surface area contributed by atoms with Gasteiger partial charge >= 0.3 is 17.8 Å². The number of rotatable bonds is 5. The van der Waals surface area contributed by atoms with Crippen molar-refractivity contribution >= 4 is 24.1 Å². The van der Waals surface area contributed by atoms with Gasteiger partial charge in [-0.25, -0.2) is 4.79 Å². The van der Waals surface area contributed by atoms with Crippen LogP contribution in [-0.2, 0) is 20.8 Å². The van der Waals surface area contributed by atoms with E-state index in [0.29, 0.717) is 25.8 Å². The Hall–Kier alpha value is -2.70. The van der Waals surface area contributed by atoms with Crippen molar-refractivity contribution in [1.29, 1.82) is 0 Å². The first-order valence-electron chi connectivity index (χ1n) is 7.47. The Bertz CT molecular complexity index is 603. The summed E-state index contributed by atoms with van der Waals surface area (Å²) >= 11 is 0. The highest BCUT2D eigenvalue weighted by Gasteiger charge is 2.35. The van der Waals surface area contributed by atoms with Crippen molar-refractivity contribution in [2.75, 3.05) is 19.6 Å². The Kier molecular flexibility index (Phi) is 5.46.